The summed E-state index contributed by atoms with van der Waals surface area (Å²) in [6.45, 7) is 3.02. The Morgan fingerprint density at radius 2 is 1.95 bits per heavy atom. The van der Waals surface area contributed by atoms with E-state index in [9.17, 15) is 4.79 Å². The summed E-state index contributed by atoms with van der Waals surface area (Å²) < 4.78 is 5.50. The average molecular weight is 299 g/mol. The fourth-order valence-corrected chi connectivity index (χ4v) is 3.74. The van der Waals surface area contributed by atoms with Gasteiger partial charge in [-0.25, -0.2) is 4.79 Å². The maximum atomic E-state index is 11.9. The first-order valence-corrected chi connectivity index (χ1v) is 8.47. The first-order chi connectivity index (χ1) is 10.8. The van der Waals surface area contributed by atoms with Crippen molar-refractivity contribution in [2.24, 2.45) is 5.92 Å². The van der Waals surface area contributed by atoms with E-state index >= 15 is 0 Å². The largest absolute Gasteiger partial charge is 0.462 e. The average Bonchev–Trinajstić information content (AvgIpc) is 2.59. The van der Waals surface area contributed by atoms with Crippen LogP contribution in [0.25, 0.3) is 6.08 Å². The second-order valence-electron chi connectivity index (χ2n) is 6.38. The summed E-state index contributed by atoms with van der Waals surface area (Å²) in [7, 11) is 0. The molecule has 118 valence electrons. The molecule has 3 rings (SSSR count). The van der Waals surface area contributed by atoms with Crippen molar-refractivity contribution in [1.82, 2.24) is 4.90 Å². The Balaban J connectivity index is 1.49. The highest BCUT2D eigenvalue weighted by Crippen LogP contribution is 2.30. The van der Waals surface area contributed by atoms with E-state index in [0.717, 1.165) is 5.56 Å². The summed E-state index contributed by atoms with van der Waals surface area (Å²) >= 11 is 0. The van der Waals surface area contributed by atoms with E-state index in [2.05, 4.69) is 4.90 Å². The second kappa shape index (κ2) is 7.59. The molecule has 3 heteroatoms. The van der Waals surface area contributed by atoms with E-state index in [1.54, 1.807) is 0 Å². The summed E-state index contributed by atoms with van der Waals surface area (Å²) in [5.74, 6) is 0.292. The molecule has 0 unspecified atom stereocenters. The van der Waals surface area contributed by atoms with Crippen molar-refractivity contribution in [3.05, 3.63) is 42.0 Å². The summed E-state index contributed by atoms with van der Waals surface area (Å²) in [5, 5.41) is 0. The number of ether oxygens (including phenoxy) is 1. The Bertz CT molecular complexity index is 509. The number of carbonyl (C=O) groups is 1. The molecule has 0 saturated carbocycles. The van der Waals surface area contributed by atoms with Gasteiger partial charge in [0.15, 0.2) is 0 Å². The number of hydrogen-bond acceptors (Lipinski definition) is 3. The van der Waals surface area contributed by atoms with Crippen LogP contribution in [0.3, 0.4) is 0 Å². The van der Waals surface area contributed by atoms with Gasteiger partial charge >= 0.3 is 5.97 Å². The van der Waals surface area contributed by atoms with Crippen LogP contribution in [0.15, 0.2) is 36.4 Å². The Kier molecular flexibility index (Phi) is 5.28. The minimum atomic E-state index is -0.225. The molecule has 0 amide bonds. The molecule has 0 aromatic heterocycles. The molecule has 3 nitrogen and oxygen atoms in total. The normalized spacial score (nSPS) is 25.8. The first-order valence-electron chi connectivity index (χ1n) is 8.47. The van der Waals surface area contributed by atoms with Crippen LogP contribution in [0.5, 0.6) is 0 Å². The van der Waals surface area contributed by atoms with Gasteiger partial charge < -0.3 is 4.74 Å². The van der Waals surface area contributed by atoms with Crippen LogP contribution in [-0.2, 0) is 9.53 Å². The highest BCUT2D eigenvalue weighted by atomic mass is 16.5. The van der Waals surface area contributed by atoms with Crippen molar-refractivity contribution in [2.45, 2.75) is 38.1 Å². The molecule has 2 aliphatic rings. The van der Waals surface area contributed by atoms with Crippen LogP contribution in [-0.4, -0.2) is 36.6 Å². The van der Waals surface area contributed by atoms with E-state index in [4.69, 9.17) is 4.74 Å². The van der Waals surface area contributed by atoms with Gasteiger partial charge in [0, 0.05) is 18.0 Å². The summed E-state index contributed by atoms with van der Waals surface area (Å²) in [5.41, 5.74) is 1.02. The number of benzene rings is 1. The number of rotatable bonds is 4. The van der Waals surface area contributed by atoms with E-state index < -0.39 is 0 Å². The van der Waals surface area contributed by atoms with E-state index in [0.29, 0.717) is 18.6 Å². The topological polar surface area (TPSA) is 29.5 Å². The Labute approximate surface area is 133 Å². The van der Waals surface area contributed by atoms with Gasteiger partial charge in [-0.05, 0) is 50.4 Å². The maximum Gasteiger partial charge on any atom is 0.330 e. The van der Waals surface area contributed by atoms with Gasteiger partial charge in [0.1, 0.15) is 0 Å². The Morgan fingerprint density at radius 3 is 2.82 bits per heavy atom. The van der Waals surface area contributed by atoms with Crippen LogP contribution in [0, 0.1) is 5.92 Å². The third-order valence-corrected chi connectivity index (χ3v) is 4.88. The van der Waals surface area contributed by atoms with Crippen LogP contribution in [0.2, 0.25) is 0 Å². The molecule has 2 aliphatic heterocycles. The van der Waals surface area contributed by atoms with Gasteiger partial charge in [-0.15, -0.1) is 0 Å². The Hall–Kier alpha value is -1.61. The van der Waals surface area contributed by atoms with Crippen LogP contribution in [0.1, 0.15) is 37.7 Å². The molecule has 2 atom stereocenters. The van der Waals surface area contributed by atoms with Crippen molar-refractivity contribution < 1.29 is 9.53 Å². The number of hydrogen-bond donors (Lipinski definition) is 0. The number of esters is 1. The fraction of sp³-hybridized carbons (Fsp3) is 0.526. The predicted molar refractivity (Wildman–Crippen MR) is 88.4 cm³/mol. The minimum absolute atomic E-state index is 0.225. The highest BCUT2D eigenvalue weighted by Gasteiger charge is 2.33. The summed E-state index contributed by atoms with van der Waals surface area (Å²) in [4.78, 5) is 14.5. The monoisotopic (exact) mass is 299 g/mol. The van der Waals surface area contributed by atoms with Gasteiger partial charge in [0.25, 0.3) is 0 Å². The fourth-order valence-electron chi connectivity index (χ4n) is 3.74. The highest BCUT2D eigenvalue weighted by molar-refractivity contribution is 5.87. The van der Waals surface area contributed by atoms with E-state index in [-0.39, 0.29) is 5.97 Å². The molecule has 1 aromatic carbocycles. The lowest BCUT2D eigenvalue weighted by Gasteiger charge is -2.44. The molecule has 0 aliphatic carbocycles. The molecule has 0 spiro atoms. The molecule has 2 saturated heterocycles. The zero-order valence-electron chi connectivity index (χ0n) is 13.1. The molecular formula is C19H25NO2. The number of piperidine rings is 2. The molecular weight excluding hydrogens is 274 g/mol. The quantitative estimate of drug-likeness (QED) is 0.629. The number of nitrogens with zero attached hydrogens (tertiary/aromatic N) is 1. The Morgan fingerprint density at radius 1 is 1.14 bits per heavy atom. The van der Waals surface area contributed by atoms with Crippen molar-refractivity contribution in [1.29, 1.82) is 0 Å². The van der Waals surface area contributed by atoms with Gasteiger partial charge in [-0.3, -0.25) is 4.90 Å². The summed E-state index contributed by atoms with van der Waals surface area (Å²) in [6.07, 6.45) is 9.69. The zero-order valence-corrected chi connectivity index (χ0v) is 13.1. The van der Waals surface area contributed by atoms with Crippen LogP contribution in [0.4, 0.5) is 0 Å². The van der Waals surface area contributed by atoms with Crippen molar-refractivity contribution in [3.8, 4) is 0 Å². The van der Waals surface area contributed by atoms with E-state index in [1.807, 2.05) is 36.4 Å². The SMILES string of the molecule is O=C(/C=C/c1ccccc1)OC[C@H]1CCCN2CCCC[C@H]12. The van der Waals surface area contributed by atoms with Crippen LogP contribution < -0.4 is 0 Å². The number of fused-ring (bicyclic) bond motifs is 1. The van der Waals surface area contributed by atoms with Crippen molar-refractivity contribution in [2.75, 3.05) is 19.7 Å². The third-order valence-electron chi connectivity index (χ3n) is 4.88. The lowest BCUT2D eigenvalue weighted by molar-refractivity contribution is -0.140. The smallest absolute Gasteiger partial charge is 0.330 e. The van der Waals surface area contributed by atoms with E-state index in [1.165, 1.54) is 51.3 Å². The molecule has 0 radical (unpaired) electrons. The zero-order chi connectivity index (χ0) is 15.2. The molecule has 1 aromatic rings. The standard InChI is InChI=1S/C19H25NO2/c21-19(12-11-16-7-2-1-3-8-16)22-15-17-9-6-14-20-13-5-4-10-18(17)20/h1-3,7-8,11-12,17-18H,4-6,9-10,13-15H2/b12-11+/t17-,18-/m1/s1. The number of carbonyl (C=O) groups excluding carboxylic acids is 1. The first kappa shape index (κ1) is 15.3. The van der Waals surface area contributed by atoms with Gasteiger partial charge in [0.2, 0.25) is 0 Å². The molecule has 2 heterocycles. The maximum absolute atomic E-state index is 11.9. The third kappa shape index (κ3) is 3.98. The van der Waals surface area contributed by atoms with Gasteiger partial charge in [-0.1, -0.05) is 36.8 Å². The molecule has 0 bridgehead atoms. The van der Waals surface area contributed by atoms with Gasteiger partial charge in [-0.2, -0.15) is 0 Å². The lowest BCUT2D eigenvalue weighted by Crippen LogP contribution is -2.49. The second-order valence-corrected chi connectivity index (χ2v) is 6.38. The summed E-state index contributed by atoms with van der Waals surface area (Å²) in [6, 6.07) is 10.5. The predicted octanol–water partition coefficient (Wildman–Crippen LogP) is 3.51. The molecule has 2 fully saturated rings. The molecule has 0 N–H and O–H groups in total. The van der Waals surface area contributed by atoms with Gasteiger partial charge in [0.05, 0.1) is 6.61 Å². The van der Waals surface area contributed by atoms with Crippen molar-refractivity contribution in [3.63, 3.8) is 0 Å². The minimum Gasteiger partial charge on any atom is -0.462 e. The lowest BCUT2D eigenvalue weighted by atomic mass is 9.84. The molecule has 22 heavy (non-hydrogen) atoms. The van der Waals surface area contributed by atoms with Crippen LogP contribution >= 0.6 is 0 Å². The van der Waals surface area contributed by atoms with Crippen molar-refractivity contribution >= 4 is 12.0 Å².